The Morgan fingerprint density at radius 2 is 2.06 bits per heavy atom. The van der Waals surface area contributed by atoms with E-state index >= 15 is 0 Å². The highest BCUT2D eigenvalue weighted by atomic mass is 35.5. The van der Waals surface area contributed by atoms with Gasteiger partial charge in [0, 0.05) is 18.6 Å². The molecule has 16 heavy (non-hydrogen) atoms. The summed E-state index contributed by atoms with van der Waals surface area (Å²) >= 11 is 5.57. The second kappa shape index (κ2) is 5.39. The molecule has 0 bridgehead atoms. The summed E-state index contributed by atoms with van der Waals surface area (Å²) in [5, 5.41) is 0. The van der Waals surface area contributed by atoms with E-state index in [-0.39, 0.29) is 6.54 Å². The number of pyridine rings is 1. The van der Waals surface area contributed by atoms with Gasteiger partial charge in [0.05, 0.1) is 0 Å². The molecule has 1 aromatic rings. The van der Waals surface area contributed by atoms with Crippen LogP contribution >= 0.6 is 11.6 Å². The second-order valence-electron chi connectivity index (χ2n) is 3.29. The van der Waals surface area contributed by atoms with Crippen LogP contribution in [-0.2, 0) is 5.88 Å². The van der Waals surface area contributed by atoms with Gasteiger partial charge in [-0.3, -0.25) is 0 Å². The van der Waals surface area contributed by atoms with Crippen molar-refractivity contribution in [3.8, 4) is 0 Å². The molecule has 0 aliphatic heterocycles. The third-order valence-corrected chi connectivity index (χ3v) is 2.35. The SMILES string of the molecule is CCN(CC(F)(F)F)c1ccc(CCl)cn1. The molecule has 0 radical (unpaired) electrons. The van der Waals surface area contributed by atoms with E-state index in [1.165, 1.54) is 6.20 Å². The fourth-order valence-electron chi connectivity index (χ4n) is 1.25. The third kappa shape index (κ3) is 3.89. The molecule has 0 N–H and O–H groups in total. The maximum Gasteiger partial charge on any atom is 0.405 e. The van der Waals surface area contributed by atoms with Gasteiger partial charge < -0.3 is 4.90 Å². The Morgan fingerprint density at radius 3 is 2.44 bits per heavy atom. The van der Waals surface area contributed by atoms with Crippen molar-refractivity contribution in [2.45, 2.75) is 19.0 Å². The molecule has 0 spiro atoms. The standard InChI is InChI=1S/C10H12ClF3N2/c1-2-16(7-10(12,13)14)9-4-3-8(5-11)6-15-9/h3-4,6H,2,5,7H2,1H3. The Morgan fingerprint density at radius 1 is 1.38 bits per heavy atom. The Labute approximate surface area is 97.0 Å². The first-order valence-corrected chi connectivity index (χ1v) is 5.32. The van der Waals surface area contributed by atoms with Crippen LogP contribution in [0.25, 0.3) is 0 Å². The monoisotopic (exact) mass is 252 g/mol. The second-order valence-corrected chi connectivity index (χ2v) is 3.55. The number of hydrogen-bond donors (Lipinski definition) is 0. The van der Waals surface area contributed by atoms with Crippen LogP contribution in [0.2, 0.25) is 0 Å². The Balaban J connectivity index is 2.79. The number of aromatic nitrogens is 1. The van der Waals surface area contributed by atoms with Crippen LogP contribution in [0.4, 0.5) is 19.0 Å². The fourth-order valence-corrected chi connectivity index (χ4v) is 1.41. The van der Waals surface area contributed by atoms with Crippen LogP contribution in [-0.4, -0.2) is 24.2 Å². The molecule has 90 valence electrons. The molecule has 2 nitrogen and oxygen atoms in total. The number of nitrogens with zero attached hydrogens (tertiary/aromatic N) is 2. The van der Waals surface area contributed by atoms with E-state index in [2.05, 4.69) is 4.98 Å². The molecule has 0 atom stereocenters. The van der Waals surface area contributed by atoms with Gasteiger partial charge in [-0.15, -0.1) is 11.6 Å². The predicted molar refractivity (Wildman–Crippen MR) is 57.7 cm³/mol. The summed E-state index contributed by atoms with van der Waals surface area (Å²) in [6.07, 6.45) is -2.73. The zero-order valence-electron chi connectivity index (χ0n) is 8.76. The van der Waals surface area contributed by atoms with Crippen LogP contribution in [0.3, 0.4) is 0 Å². The molecular formula is C10H12ClF3N2. The number of hydrogen-bond acceptors (Lipinski definition) is 2. The van der Waals surface area contributed by atoms with E-state index in [9.17, 15) is 13.2 Å². The molecule has 1 aromatic heterocycles. The lowest BCUT2D eigenvalue weighted by atomic mass is 10.3. The van der Waals surface area contributed by atoms with Crippen molar-refractivity contribution in [1.29, 1.82) is 0 Å². The molecule has 0 amide bonds. The lowest BCUT2D eigenvalue weighted by Crippen LogP contribution is -2.34. The Bertz CT molecular complexity index is 324. The van der Waals surface area contributed by atoms with Gasteiger partial charge >= 0.3 is 6.18 Å². The van der Waals surface area contributed by atoms with Crippen molar-refractivity contribution >= 4 is 17.4 Å². The molecule has 0 fully saturated rings. The minimum atomic E-state index is -4.22. The first kappa shape index (κ1) is 13.1. The molecule has 0 aliphatic carbocycles. The van der Waals surface area contributed by atoms with Gasteiger partial charge in [-0.05, 0) is 18.6 Å². The number of rotatable bonds is 4. The molecule has 1 rings (SSSR count). The minimum absolute atomic E-state index is 0.257. The number of halogens is 4. The molecular weight excluding hydrogens is 241 g/mol. The summed E-state index contributed by atoms with van der Waals surface area (Å²) in [5.41, 5.74) is 0.786. The van der Waals surface area contributed by atoms with E-state index < -0.39 is 12.7 Å². The van der Waals surface area contributed by atoms with Gasteiger partial charge in [0.2, 0.25) is 0 Å². The van der Waals surface area contributed by atoms with Gasteiger partial charge in [-0.2, -0.15) is 13.2 Å². The fraction of sp³-hybridized carbons (Fsp3) is 0.500. The molecule has 6 heteroatoms. The Hall–Kier alpha value is -0.970. The molecule has 0 aliphatic rings. The summed E-state index contributed by atoms with van der Waals surface area (Å²) in [6, 6.07) is 3.22. The van der Waals surface area contributed by atoms with Gasteiger partial charge in [-0.1, -0.05) is 6.07 Å². The molecule has 0 aromatic carbocycles. The first-order chi connectivity index (χ1) is 7.46. The zero-order chi connectivity index (χ0) is 12.2. The van der Waals surface area contributed by atoms with E-state index in [0.29, 0.717) is 11.7 Å². The number of anilines is 1. The van der Waals surface area contributed by atoms with E-state index in [4.69, 9.17) is 11.6 Å². The van der Waals surface area contributed by atoms with Crippen LogP contribution in [0.5, 0.6) is 0 Å². The summed E-state index contributed by atoms with van der Waals surface area (Å²) in [7, 11) is 0. The van der Waals surface area contributed by atoms with Crippen molar-refractivity contribution in [2.75, 3.05) is 18.0 Å². The van der Waals surface area contributed by atoms with Crippen molar-refractivity contribution in [1.82, 2.24) is 4.98 Å². The smallest absolute Gasteiger partial charge is 0.348 e. The molecule has 0 saturated heterocycles. The quantitative estimate of drug-likeness (QED) is 0.765. The maximum absolute atomic E-state index is 12.2. The highest BCUT2D eigenvalue weighted by Crippen LogP contribution is 2.20. The summed E-state index contributed by atoms with van der Waals surface area (Å²) in [5.74, 6) is 0.618. The van der Waals surface area contributed by atoms with Crippen molar-refractivity contribution in [3.63, 3.8) is 0 Å². The topological polar surface area (TPSA) is 16.1 Å². The van der Waals surface area contributed by atoms with Crippen LogP contribution in [0, 0.1) is 0 Å². The largest absolute Gasteiger partial charge is 0.405 e. The summed E-state index contributed by atoms with van der Waals surface area (Å²) in [6.45, 7) is 0.923. The van der Waals surface area contributed by atoms with Gasteiger partial charge in [0.15, 0.2) is 0 Å². The average Bonchev–Trinajstić information content (AvgIpc) is 2.25. The highest BCUT2D eigenvalue weighted by Gasteiger charge is 2.30. The lowest BCUT2D eigenvalue weighted by Gasteiger charge is -2.23. The number of alkyl halides is 4. The zero-order valence-corrected chi connectivity index (χ0v) is 9.52. The highest BCUT2D eigenvalue weighted by molar-refractivity contribution is 6.17. The van der Waals surface area contributed by atoms with Crippen LogP contribution in [0.15, 0.2) is 18.3 Å². The summed E-state index contributed by atoms with van der Waals surface area (Å²) < 4.78 is 36.7. The van der Waals surface area contributed by atoms with Gasteiger partial charge in [0.1, 0.15) is 12.4 Å². The Kier molecular flexibility index (Phi) is 4.41. The molecule has 0 unspecified atom stereocenters. The van der Waals surface area contributed by atoms with E-state index in [1.54, 1.807) is 19.1 Å². The van der Waals surface area contributed by atoms with Crippen molar-refractivity contribution in [3.05, 3.63) is 23.9 Å². The van der Waals surface area contributed by atoms with E-state index in [1.807, 2.05) is 0 Å². The molecule has 1 heterocycles. The predicted octanol–water partition coefficient (Wildman–Crippen LogP) is 3.21. The van der Waals surface area contributed by atoms with Gasteiger partial charge in [-0.25, -0.2) is 4.98 Å². The van der Waals surface area contributed by atoms with Crippen molar-refractivity contribution < 1.29 is 13.2 Å². The minimum Gasteiger partial charge on any atom is -0.348 e. The van der Waals surface area contributed by atoms with Crippen molar-refractivity contribution in [2.24, 2.45) is 0 Å². The summed E-state index contributed by atoms with van der Waals surface area (Å²) in [4.78, 5) is 5.11. The maximum atomic E-state index is 12.2. The normalized spacial score (nSPS) is 11.6. The van der Waals surface area contributed by atoms with Gasteiger partial charge in [0.25, 0.3) is 0 Å². The first-order valence-electron chi connectivity index (χ1n) is 4.79. The molecule has 0 saturated carbocycles. The average molecular weight is 253 g/mol. The van der Waals surface area contributed by atoms with Crippen LogP contribution < -0.4 is 4.90 Å². The van der Waals surface area contributed by atoms with E-state index in [0.717, 1.165) is 10.5 Å². The van der Waals surface area contributed by atoms with Crippen LogP contribution in [0.1, 0.15) is 12.5 Å². The lowest BCUT2D eigenvalue weighted by molar-refractivity contribution is -0.119. The third-order valence-electron chi connectivity index (χ3n) is 2.04.